The molecule has 0 atom stereocenters. The standard InChI is InChI=1S/C19H28N4O3.ClH/c1-22(10-9-18(25)26-2)17(24)13-14-7-11-23(12-8-14)16-5-3-15(4-6-16)19(20)21;/h3-6,14H,7-13H2,1-2H3,(H3,20,21);1H. The highest BCUT2D eigenvalue weighted by atomic mass is 35.5. The number of carbonyl (C=O) groups excluding carboxylic acids is 2. The fraction of sp³-hybridized carbons (Fsp3) is 0.526. The van der Waals surface area contributed by atoms with E-state index in [2.05, 4.69) is 9.64 Å². The molecule has 0 saturated carbocycles. The number of amides is 1. The van der Waals surface area contributed by atoms with Gasteiger partial charge in [0.1, 0.15) is 5.84 Å². The van der Waals surface area contributed by atoms with Crippen molar-refractivity contribution < 1.29 is 14.3 Å². The van der Waals surface area contributed by atoms with Gasteiger partial charge in [0.25, 0.3) is 0 Å². The number of hydrogen-bond donors (Lipinski definition) is 2. The third-order valence-corrected chi connectivity index (χ3v) is 4.93. The highest BCUT2D eigenvalue weighted by Crippen LogP contribution is 2.26. The zero-order valence-corrected chi connectivity index (χ0v) is 16.8. The van der Waals surface area contributed by atoms with Gasteiger partial charge >= 0.3 is 5.97 Å². The van der Waals surface area contributed by atoms with E-state index in [1.54, 1.807) is 11.9 Å². The van der Waals surface area contributed by atoms with Crippen LogP contribution < -0.4 is 10.6 Å². The van der Waals surface area contributed by atoms with E-state index in [0.717, 1.165) is 37.2 Å². The third kappa shape index (κ3) is 6.75. The number of rotatable bonds is 7. The van der Waals surface area contributed by atoms with Gasteiger partial charge in [-0.2, -0.15) is 0 Å². The number of nitrogens with one attached hydrogen (secondary N) is 1. The lowest BCUT2D eigenvalue weighted by molar-refractivity contribution is -0.141. The van der Waals surface area contributed by atoms with Crippen LogP contribution in [-0.2, 0) is 14.3 Å². The molecular weight excluding hydrogens is 368 g/mol. The zero-order chi connectivity index (χ0) is 19.1. The average molecular weight is 397 g/mol. The van der Waals surface area contributed by atoms with Gasteiger partial charge in [0.15, 0.2) is 0 Å². The van der Waals surface area contributed by atoms with E-state index in [-0.39, 0.29) is 36.5 Å². The monoisotopic (exact) mass is 396 g/mol. The number of nitrogens with two attached hydrogens (primary N) is 1. The van der Waals surface area contributed by atoms with E-state index < -0.39 is 0 Å². The van der Waals surface area contributed by atoms with Crippen LogP contribution in [0.15, 0.2) is 24.3 Å². The minimum Gasteiger partial charge on any atom is -0.469 e. The molecule has 0 aliphatic carbocycles. The summed E-state index contributed by atoms with van der Waals surface area (Å²) < 4.78 is 4.60. The van der Waals surface area contributed by atoms with E-state index in [4.69, 9.17) is 11.1 Å². The predicted molar refractivity (Wildman–Crippen MR) is 109 cm³/mol. The van der Waals surface area contributed by atoms with E-state index in [1.807, 2.05) is 24.3 Å². The molecule has 1 fully saturated rings. The van der Waals surface area contributed by atoms with Crippen molar-refractivity contribution in [2.45, 2.75) is 25.7 Å². The number of hydrogen-bond acceptors (Lipinski definition) is 5. The van der Waals surface area contributed by atoms with Crippen LogP contribution in [0.1, 0.15) is 31.2 Å². The maximum absolute atomic E-state index is 12.3. The van der Waals surface area contributed by atoms with Crippen molar-refractivity contribution in [2.75, 3.05) is 38.7 Å². The number of anilines is 1. The maximum atomic E-state index is 12.3. The number of benzene rings is 1. The van der Waals surface area contributed by atoms with E-state index in [9.17, 15) is 9.59 Å². The van der Waals surface area contributed by atoms with Crippen LogP contribution >= 0.6 is 12.4 Å². The predicted octanol–water partition coefficient (Wildman–Crippen LogP) is 2.02. The van der Waals surface area contributed by atoms with Gasteiger partial charge in [-0.1, -0.05) is 0 Å². The Labute approximate surface area is 166 Å². The van der Waals surface area contributed by atoms with Crippen molar-refractivity contribution in [3.8, 4) is 0 Å². The molecule has 1 amide bonds. The minimum atomic E-state index is -0.297. The van der Waals surface area contributed by atoms with Crippen molar-refractivity contribution >= 4 is 35.8 Å². The van der Waals surface area contributed by atoms with Gasteiger partial charge in [0, 0.05) is 44.4 Å². The van der Waals surface area contributed by atoms with Crippen molar-refractivity contribution in [3.63, 3.8) is 0 Å². The Bertz CT molecular complexity index is 643. The van der Waals surface area contributed by atoms with Gasteiger partial charge in [-0.3, -0.25) is 15.0 Å². The molecule has 150 valence electrons. The van der Waals surface area contributed by atoms with Gasteiger partial charge in [0.05, 0.1) is 13.5 Å². The largest absolute Gasteiger partial charge is 0.469 e. The topological polar surface area (TPSA) is 99.7 Å². The Morgan fingerprint density at radius 2 is 1.85 bits per heavy atom. The lowest BCUT2D eigenvalue weighted by Crippen LogP contribution is -2.36. The average Bonchev–Trinajstić information content (AvgIpc) is 2.66. The highest BCUT2D eigenvalue weighted by molar-refractivity contribution is 5.95. The highest BCUT2D eigenvalue weighted by Gasteiger charge is 2.23. The first-order valence-corrected chi connectivity index (χ1v) is 8.91. The molecule has 1 aliphatic rings. The minimum absolute atomic E-state index is 0. The number of nitrogens with zero attached hydrogens (tertiary/aromatic N) is 2. The molecule has 1 aromatic carbocycles. The maximum Gasteiger partial charge on any atom is 0.307 e. The van der Waals surface area contributed by atoms with Gasteiger partial charge in [-0.25, -0.2) is 0 Å². The summed E-state index contributed by atoms with van der Waals surface area (Å²) in [6.45, 7) is 2.21. The van der Waals surface area contributed by atoms with Gasteiger partial charge in [0.2, 0.25) is 5.91 Å². The number of methoxy groups -OCH3 is 1. The first kappa shape index (κ1) is 22.8. The summed E-state index contributed by atoms with van der Waals surface area (Å²) in [6, 6.07) is 7.71. The molecule has 8 heteroatoms. The molecule has 0 spiro atoms. The molecule has 1 saturated heterocycles. The fourth-order valence-corrected chi connectivity index (χ4v) is 3.14. The Balaban J connectivity index is 0.00000364. The number of nitrogen functional groups attached to an aromatic ring is 1. The lowest BCUT2D eigenvalue weighted by atomic mass is 9.92. The second kappa shape index (κ2) is 10.8. The Hall–Kier alpha value is -2.28. The molecule has 0 bridgehead atoms. The number of piperidine rings is 1. The second-order valence-electron chi connectivity index (χ2n) is 6.74. The summed E-state index contributed by atoms with van der Waals surface area (Å²) in [5, 5.41) is 7.44. The summed E-state index contributed by atoms with van der Waals surface area (Å²) in [5.74, 6) is 0.229. The Morgan fingerprint density at radius 1 is 1.26 bits per heavy atom. The van der Waals surface area contributed by atoms with Crippen LogP contribution in [0.5, 0.6) is 0 Å². The third-order valence-electron chi connectivity index (χ3n) is 4.93. The summed E-state index contributed by atoms with van der Waals surface area (Å²) >= 11 is 0. The summed E-state index contributed by atoms with van der Waals surface area (Å²) in [4.78, 5) is 27.4. The number of carbonyl (C=O) groups is 2. The molecule has 7 nitrogen and oxygen atoms in total. The first-order valence-electron chi connectivity index (χ1n) is 8.91. The van der Waals surface area contributed by atoms with Crippen LogP contribution in [0.2, 0.25) is 0 Å². The fourth-order valence-electron chi connectivity index (χ4n) is 3.14. The number of esters is 1. The van der Waals surface area contributed by atoms with Crippen molar-refractivity contribution in [3.05, 3.63) is 29.8 Å². The second-order valence-corrected chi connectivity index (χ2v) is 6.74. The molecule has 3 N–H and O–H groups in total. The Morgan fingerprint density at radius 3 is 2.37 bits per heavy atom. The van der Waals surface area contributed by atoms with Gasteiger partial charge in [-0.05, 0) is 43.0 Å². The first-order chi connectivity index (χ1) is 12.4. The molecule has 1 aromatic rings. The number of amidine groups is 1. The number of halogens is 1. The quantitative estimate of drug-likeness (QED) is 0.417. The summed E-state index contributed by atoms with van der Waals surface area (Å²) in [6.07, 6.45) is 2.68. The normalized spacial score (nSPS) is 14.2. The van der Waals surface area contributed by atoms with E-state index in [1.165, 1.54) is 7.11 Å². The SMILES string of the molecule is COC(=O)CCN(C)C(=O)CC1CCN(c2ccc(C(=N)N)cc2)CC1.Cl. The van der Waals surface area contributed by atoms with Crippen molar-refractivity contribution in [2.24, 2.45) is 11.7 Å². The van der Waals surface area contributed by atoms with Crippen LogP contribution in [0.25, 0.3) is 0 Å². The van der Waals surface area contributed by atoms with E-state index in [0.29, 0.717) is 18.9 Å². The summed E-state index contributed by atoms with van der Waals surface area (Å²) in [7, 11) is 3.09. The molecule has 0 radical (unpaired) electrons. The van der Waals surface area contributed by atoms with Crippen LogP contribution in [0, 0.1) is 11.3 Å². The van der Waals surface area contributed by atoms with Gasteiger partial charge < -0.3 is 20.3 Å². The Kier molecular flexibility index (Phi) is 9.08. The van der Waals surface area contributed by atoms with Crippen molar-refractivity contribution in [1.82, 2.24) is 4.90 Å². The number of ether oxygens (including phenoxy) is 1. The van der Waals surface area contributed by atoms with Crippen LogP contribution in [0.3, 0.4) is 0 Å². The van der Waals surface area contributed by atoms with Gasteiger partial charge in [-0.15, -0.1) is 12.4 Å². The van der Waals surface area contributed by atoms with Crippen LogP contribution in [0.4, 0.5) is 5.69 Å². The molecule has 0 aromatic heterocycles. The molecule has 0 unspecified atom stereocenters. The molecule has 1 aliphatic heterocycles. The zero-order valence-electron chi connectivity index (χ0n) is 15.9. The molecule has 2 rings (SSSR count). The lowest BCUT2D eigenvalue weighted by Gasteiger charge is -2.34. The van der Waals surface area contributed by atoms with E-state index >= 15 is 0 Å². The van der Waals surface area contributed by atoms with Crippen molar-refractivity contribution in [1.29, 1.82) is 5.41 Å². The smallest absolute Gasteiger partial charge is 0.307 e. The summed E-state index contributed by atoms with van der Waals surface area (Å²) in [5.41, 5.74) is 7.33. The molecule has 27 heavy (non-hydrogen) atoms. The molecular formula is C19H29ClN4O3. The molecule has 1 heterocycles. The van der Waals surface area contributed by atoms with Crippen LogP contribution in [-0.4, -0.2) is 56.4 Å².